The van der Waals surface area contributed by atoms with Gasteiger partial charge in [0.2, 0.25) is 0 Å². The summed E-state index contributed by atoms with van der Waals surface area (Å²) in [5.41, 5.74) is 0.886. The van der Waals surface area contributed by atoms with Crippen molar-refractivity contribution in [2.45, 2.75) is 6.42 Å². The molecule has 0 aliphatic rings. The van der Waals surface area contributed by atoms with E-state index in [0.717, 1.165) is 6.29 Å². The number of nitrogens with zero attached hydrogens (tertiary/aromatic N) is 3. The first-order chi connectivity index (χ1) is 10.5. The minimum Gasteiger partial charge on any atom is -0.350 e. The lowest BCUT2D eigenvalue weighted by atomic mass is 10.3. The van der Waals surface area contributed by atoms with Gasteiger partial charge < -0.3 is 24.6 Å². The van der Waals surface area contributed by atoms with Crippen molar-refractivity contribution in [1.29, 1.82) is 0 Å². The van der Waals surface area contributed by atoms with Gasteiger partial charge in [0, 0.05) is 45.7 Å². The summed E-state index contributed by atoms with van der Waals surface area (Å²) in [6.45, 7) is 0.280. The smallest absolute Gasteiger partial charge is 0.291 e. The second kappa shape index (κ2) is 6.70. The fourth-order valence-corrected chi connectivity index (χ4v) is 1.97. The van der Waals surface area contributed by atoms with E-state index in [1.54, 1.807) is 41.7 Å². The second-order valence-electron chi connectivity index (χ2n) is 4.75. The quantitative estimate of drug-likeness (QED) is 0.593. The van der Waals surface area contributed by atoms with Gasteiger partial charge in [-0.15, -0.1) is 0 Å². The molecule has 0 radical (unpaired) electrons. The number of imidazole rings is 1. The van der Waals surface area contributed by atoms with Crippen LogP contribution in [0.1, 0.15) is 27.5 Å². The van der Waals surface area contributed by atoms with E-state index in [0.29, 0.717) is 11.4 Å². The van der Waals surface area contributed by atoms with Crippen molar-refractivity contribution >= 4 is 23.8 Å². The van der Waals surface area contributed by atoms with Crippen LogP contribution in [0.5, 0.6) is 0 Å². The van der Waals surface area contributed by atoms with Gasteiger partial charge in [0.1, 0.15) is 12.0 Å². The predicted molar refractivity (Wildman–Crippen MR) is 79.6 cm³/mol. The summed E-state index contributed by atoms with van der Waals surface area (Å²) in [4.78, 5) is 38.2. The molecule has 0 aliphatic carbocycles. The highest BCUT2D eigenvalue weighted by atomic mass is 16.2. The number of hydrogen-bond acceptors (Lipinski definition) is 4. The minimum atomic E-state index is -0.356. The number of aldehydes is 1. The lowest BCUT2D eigenvalue weighted by Gasteiger charge is -2.03. The zero-order chi connectivity index (χ0) is 16.1. The molecule has 2 heterocycles. The van der Waals surface area contributed by atoms with Crippen LogP contribution in [0.4, 0.5) is 5.69 Å². The van der Waals surface area contributed by atoms with E-state index in [1.165, 1.54) is 6.20 Å². The lowest BCUT2D eigenvalue weighted by molar-refractivity contribution is -0.107. The molecule has 2 aromatic heterocycles. The maximum atomic E-state index is 12.1. The highest BCUT2D eigenvalue weighted by molar-refractivity contribution is 6.03. The third-order valence-electron chi connectivity index (χ3n) is 3.07. The number of nitrogens with one attached hydrogen (secondary N) is 2. The number of anilines is 1. The number of aryl methyl sites for hydroxylation is 2. The van der Waals surface area contributed by atoms with Crippen LogP contribution in [0.25, 0.3) is 0 Å². The van der Waals surface area contributed by atoms with E-state index >= 15 is 0 Å². The highest BCUT2D eigenvalue weighted by Crippen LogP contribution is 2.14. The van der Waals surface area contributed by atoms with E-state index < -0.39 is 0 Å². The second-order valence-corrected chi connectivity index (χ2v) is 4.75. The molecule has 8 heteroatoms. The maximum Gasteiger partial charge on any atom is 0.291 e. The molecule has 116 valence electrons. The van der Waals surface area contributed by atoms with Gasteiger partial charge in [-0.3, -0.25) is 9.59 Å². The van der Waals surface area contributed by atoms with Crippen LogP contribution >= 0.6 is 0 Å². The van der Waals surface area contributed by atoms with Gasteiger partial charge in [0.25, 0.3) is 11.8 Å². The van der Waals surface area contributed by atoms with Crippen molar-refractivity contribution in [3.05, 3.63) is 36.2 Å². The van der Waals surface area contributed by atoms with Crippen LogP contribution in [0.15, 0.2) is 24.7 Å². The fourth-order valence-electron chi connectivity index (χ4n) is 1.97. The fraction of sp³-hybridized carbons (Fsp3) is 0.286. The Balaban J connectivity index is 2.06. The first-order valence-corrected chi connectivity index (χ1v) is 6.69. The SMILES string of the molecule is Cn1cc(NC(=O)c2nccn2C)cc1C(=O)NCCC=O. The monoisotopic (exact) mass is 303 g/mol. The predicted octanol–water partition coefficient (Wildman–Crippen LogP) is 0.330. The number of carbonyl (C=O) groups is 3. The van der Waals surface area contributed by atoms with Gasteiger partial charge in [-0.25, -0.2) is 4.98 Å². The molecule has 0 spiro atoms. The largest absolute Gasteiger partial charge is 0.350 e. The Hall–Kier alpha value is -2.90. The molecule has 0 aromatic carbocycles. The minimum absolute atomic E-state index is 0.263. The van der Waals surface area contributed by atoms with Crippen LogP contribution in [0.3, 0.4) is 0 Å². The van der Waals surface area contributed by atoms with Crippen molar-refractivity contribution < 1.29 is 14.4 Å². The van der Waals surface area contributed by atoms with Crippen molar-refractivity contribution in [3.8, 4) is 0 Å². The van der Waals surface area contributed by atoms with Gasteiger partial charge in [0.15, 0.2) is 5.82 Å². The zero-order valence-corrected chi connectivity index (χ0v) is 12.4. The molecular weight excluding hydrogens is 286 g/mol. The summed E-state index contributed by atoms with van der Waals surface area (Å²) in [7, 11) is 3.42. The Bertz CT molecular complexity index is 701. The molecular formula is C14H17N5O3. The summed E-state index contributed by atoms with van der Waals surface area (Å²) in [5.74, 6) is -0.381. The molecule has 0 fully saturated rings. The highest BCUT2D eigenvalue weighted by Gasteiger charge is 2.15. The normalized spacial score (nSPS) is 10.3. The van der Waals surface area contributed by atoms with Crippen LogP contribution in [-0.2, 0) is 18.9 Å². The molecule has 2 amide bonds. The number of carbonyl (C=O) groups excluding carboxylic acids is 3. The summed E-state index contributed by atoms with van der Waals surface area (Å²) < 4.78 is 3.20. The van der Waals surface area contributed by atoms with E-state index in [1.807, 2.05) is 0 Å². The standard InChI is InChI=1S/C14H17N5O3/c1-18-6-5-15-12(18)14(22)17-10-8-11(19(2)9-10)13(21)16-4-3-7-20/h5-9H,3-4H2,1-2H3,(H,16,21)(H,17,22). The summed E-state index contributed by atoms with van der Waals surface area (Å²) in [6, 6.07) is 1.57. The number of amides is 2. The average Bonchev–Trinajstić information content (AvgIpc) is 3.05. The number of aromatic nitrogens is 3. The van der Waals surface area contributed by atoms with Crippen molar-refractivity contribution in [3.63, 3.8) is 0 Å². The molecule has 0 saturated carbocycles. The van der Waals surface area contributed by atoms with E-state index in [9.17, 15) is 14.4 Å². The molecule has 8 nitrogen and oxygen atoms in total. The summed E-state index contributed by atoms with van der Waals surface area (Å²) in [5, 5.41) is 5.31. The Morgan fingerprint density at radius 3 is 2.68 bits per heavy atom. The Morgan fingerprint density at radius 1 is 1.27 bits per heavy atom. The Labute approximate surface area is 127 Å². The van der Waals surface area contributed by atoms with E-state index in [2.05, 4.69) is 15.6 Å². The van der Waals surface area contributed by atoms with Crippen LogP contribution in [0.2, 0.25) is 0 Å². The number of rotatable bonds is 6. The van der Waals surface area contributed by atoms with Crippen LogP contribution in [-0.4, -0.2) is 38.8 Å². The Kier molecular flexibility index (Phi) is 4.72. The van der Waals surface area contributed by atoms with Crippen LogP contribution < -0.4 is 10.6 Å². The summed E-state index contributed by atoms with van der Waals surface area (Å²) in [6.07, 6.45) is 5.84. The van der Waals surface area contributed by atoms with Crippen molar-refractivity contribution in [1.82, 2.24) is 19.4 Å². The van der Waals surface area contributed by atoms with E-state index in [4.69, 9.17) is 0 Å². The molecule has 2 aromatic rings. The lowest BCUT2D eigenvalue weighted by Crippen LogP contribution is -2.26. The van der Waals surface area contributed by atoms with Gasteiger partial charge in [-0.1, -0.05) is 0 Å². The molecule has 0 bridgehead atoms. The topological polar surface area (TPSA) is 98.0 Å². The molecule has 0 unspecified atom stereocenters. The maximum absolute atomic E-state index is 12.1. The first-order valence-electron chi connectivity index (χ1n) is 6.69. The van der Waals surface area contributed by atoms with Gasteiger partial charge in [0.05, 0.1) is 5.69 Å². The Morgan fingerprint density at radius 2 is 2.05 bits per heavy atom. The first kappa shape index (κ1) is 15.5. The zero-order valence-electron chi connectivity index (χ0n) is 12.4. The van der Waals surface area contributed by atoms with Crippen molar-refractivity contribution in [2.75, 3.05) is 11.9 Å². The van der Waals surface area contributed by atoms with Gasteiger partial charge in [-0.2, -0.15) is 0 Å². The van der Waals surface area contributed by atoms with Crippen molar-refractivity contribution in [2.24, 2.45) is 14.1 Å². The molecule has 0 saturated heterocycles. The van der Waals surface area contributed by atoms with Gasteiger partial charge in [-0.05, 0) is 6.07 Å². The molecule has 2 rings (SSSR count). The third kappa shape index (κ3) is 3.40. The van der Waals surface area contributed by atoms with Crippen LogP contribution in [0, 0.1) is 0 Å². The average molecular weight is 303 g/mol. The van der Waals surface area contributed by atoms with Gasteiger partial charge >= 0.3 is 0 Å². The molecule has 22 heavy (non-hydrogen) atoms. The summed E-state index contributed by atoms with van der Waals surface area (Å²) >= 11 is 0. The molecule has 0 aliphatic heterocycles. The number of hydrogen-bond donors (Lipinski definition) is 2. The third-order valence-corrected chi connectivity index (χ3v) is 3.07. The molecule has 2 N–H and O–H groups in total. The van der Waals surface area contributed by atoms with E-state index in [-0.39, 0.29) is 30.6 Å². The molecule has 0 atom stereocenters.